The molecule has 0 saturated carbocycles. The summed E-state index contributed by atoms with van der Waals surface area (Å²) >= 11 is 1.28. The van der Waals surface area contributed by atoms with E-state index in [0.717, 1.165) is 10.4 Å². The molecule has 32 heavy (non-hydrogen) atoms. The predicted molar refractivity (Wildman–Crippen MR) is 119 cm³/mol. The second-order valence-electron chi connectivity index (χ2n) is 7.13. The molecule has 2 amide bonds. The Kier molecular flexibility index (Phi) is 5.90. The van der Waals surface area contributed by atoms with Gasteiger partial charge in [0.15, 0.2) is 18.1 Å². The fourth-order valence-electron chi connectivity index (χ4n) is 3.57. The summed E-state index contributed by atoms with van der Waals surface area (Å²) in [4.78, 5) is 24.5. The van der Waals surface area contributed by atoms with Crippen LogP contribution in [0.5, 0.6) is 11.5 Å². The molecule has 0 saturated heterocycles. The average Bonchev–Trinajstić information content (AvgIpc) is 3.22. The predicted octanol–water partition coefficient (Wildman–Crippen LogP) is 2.93. The molecule has 1 aliphatic heterocycles. The maximum atomic E-state index is 13.2. The van der Waals surface area contributed by atoms with Crippen LogP contribution >= 0.6 is 11.3 Å². The second kappa shape index (κ2) is 8.64. The van der Waals surface area contributed by atoms with Gasteiger partial charge in [-0.3, -0.25) is 9.59 Å². The molecule has 3 N–H and O–H groups in total. The van der Waals surface area contributed by atoms with Crippen molar-refractivity contribution in [1.29, 1.82) is 0 Å². The van der Waals surface area contributed by atoms with Crippen LogP contribution in [0.15, 0.2) is 63.7 Å². The third kappa shape index (κ3) is 4.06. The van der Waals surface area contributed by atoms with E-state index in [2.05, 4.69) is 5.32 Å². The summed E-state index contributed by atoms with van der Waals surface area (Å²) in [6.45, 7) is -0.294. The van der Waals surface area contributed by atoms with E-state index in [1.165, 1.54) is 30.6 Å². The molecule has 8 nitrogen and oxygen atoms in total. The Morgan fingerprint density at radius 2 is 1.94 bits per heavy atom. The number of hydrogen-bond acceptors (Lipinski definition) is 7. The number of benzene rings is 2. The highest BCUT2D eigenvalue weighted by Crippen LogP contribution is 2.46. The summed E-state index contributed by atoms with van der Waals surface area (Å²) < 4.78 is 37.1. The van der Waals surface area contributed by atoms with Crippen LogP contribution in [-0.4, -0.2) is 33.9 Å². The summed E-state index contributed by atoms with van der Waals surface area (Å²) in [6.07, 6.45) is 0.156. The van der Waals surface area contributed by atoms with E-state index in [1.807, 2.05) is 0 Å². The minimum absolute atomic E-state index is 0.0788. The van der Waals surface area contributed by atoms with Gasteiger partial charge < -0.3 is 20.5 Å². The monoisotopic (exact) mass is 472 g/mol. The number of thiophene rings is 1. The van der Waals surface area contributed by atoms with E-state index in [9.17, 15) is 18.0 Å². The van der Waals surface area contributed by atoms with Gasteiger partial charge >= 0.3 is 0 Å². The second-order valence-corrected chi connectivity index (χ2v) is 9.96. The highest BCUT2D eigenvalue weighted by atomic mass is 32.2. The molecule has 0 spiro atoms. The molecule has 166 valence electrons. The van der Waals surface area contributed by atoms with Gasteiger partial charge in [0.1, 0.15) is 4.90 Å². The Labute approximate surface area is 188 Å². The van der Waals surface area contributed by atoms with Gasteiger partial charge in [-0.2, -0.15) is 0 Å². The normalized spacial score (nSPS) is 15.5. The topological polar surface area (TPSA) is 125 Å². The number of sulfone groups is 1. The summed E-state index contributed by atoms with van der Waals surface area (Å²) in [5, 5.41) is 4.30. The Morgan fingerprint density at radius 3 is 2.62 bits per heavy atom. The van der Waals surface area contributed by atoms with Crippen LogP contribution in [-0.2, 0) is 19.4 Å². The van der Waals surface area contributed by atoms with Crippen molar-refractivity contribution in [2.75, 3.05) is 19.0 Å². The fourth-order valence-corrected chi connectivity index (χ4v) is 6.50. The standard InChI is InChI=1S/C22H20N2O6S2/c1-29-17-9-13(7-8-16(17)30-11-19(23)25)15-10-20(26)24-21-18(12-31-22(15)21)32(27,28)14-5-3-2-4-6-14/h2-9,12,15H,10-11H2,1H3,(H2,23,25)(H,24,26). The number of rotatable bonds is 7. The van der Waals surface area contributed by atoms with E-state index in [4.69, 9.17) is 15.2 Å². The first kappa shape index (κ1) is 21.8. The number of primary amides is 1. The largest absolute Gasteiger partial charge is 0.493 e. The zero-order chi connectivity index (χ0) is 22.9. The van der Waals surface area contributed by atoms with Crippen LogP contribution in [0.4, 0.5) is 5.69 Å². The maximum Gasteiger partial charge on any atom is 0.255 e. The average molecular weight is 473 g/mol. The van der Waals surface area contributed by atoms with Gasteiger partial charge in [0.2, 0.25) is 15.7 Å². The van der Waals surface area contributed by atoms with Crippen LogP contribution in [0, 0.1) is 0 Å². The highest BCUT2D eigenvalue weighted by molar-refractivity contribution is 7.91. The zero-order valence-corrected chi connectivity index (χ0v) is 18.7. The van der Waals surface area contributed by atoms with Gasteiger partial charge in [0.25, 0.3) is 5.91 Å². The van der Waals surface area contributed by atoms with Crippen molar-refractivity contribution >= 4 is 38.7 Å². The number of carbonyl (C=O) groups is 2. The van der Waals surface area contributed by atoms with Crippen LogP contribution in [0.2, 0.25) is 0 Å². The van der Waals surface area contributed by atoms with Crippen molar-refractivity contribution in [2.24, 2.45) is 5.73 Å². The highest BCUT2D eigenvalue weighted by Gasteiger charge is 2.34. The van der Waals surface area contributed by atoms with E-state index in [1.54, 1.807) is 41.8 Å². The molecule has 1 unspecified atom stereocenters. The van der Waals surface area contributed by atoms with E-state index in [0.29, 0.717) is 17.2 Å². The number of carbonyl (C=O) groups excluding carboxylic acids is 2. The van der Waals surface area contributed by atoms with Crippen molar-refractivity contribution < 1.29 is 27.5 Å². The smallest absolute Gasteiger partial charge is 0.255 e. The lowest BCUT2D eigenvalue weighted by Crippen LogP contribution is -2.23. The molecule has 0 radical (unpaired) electrons. The number of nitrogens with two attached hydrogens (primary N) is 1. The Morgan fingerprint density at radius 1 is 1.19 bits per heavy atom. The Hall–Kier alpha value is -3.37. The first-order valence-corrected chi connectivity index (χ1v) is 12.0. The molecule has 1 aromatic heterocycles. The third-order valence-electron chi connectivity index (χ3n) is 5.06. The van der Waals surface area contributed by atoms with Crippen molar-refractivity contribution in [2.45, 2.75) is 22.1 Å². The summed E-state index contributed by atoms with van der Waals surface area (Å²) in [5.74, 6) is -0.532. The lowest BCUT2D eigenvalue weighted by molar-refractivity contribution is -0.120. The molecule has 2 aromatic carbocycles. The van der Waals surface area contributed by atoms with Crippen LogP contribution in [0.25, 0.3) is 0 Å². The number of ether oxygens (including phenoxy) is 2. The molecule has 10 heteroatoms. The van der Waals surface area contributed by atoms with Crippen molar-refractivity contribution in [3.8, 4) is 11.5 Å². The van der Waals surface area contributed by atoms with Crippen LogP contribution < -0.4 is 20.5 Å². The van der Waals surface area contributed by atoms with Gasteiger partial charge in [-0.15, -0.1) is 11.3 Å². The molecular weight excluding hydrogens is 452 g/mol. The van der Waals surface area contributed by atoms with E-state index >= 15 is 0 Å². The maximum absolute atomic E-state index is 13.2. The molecule has 4 rings (SSSR count). The number of amides is 2. The molecule has 0 fully saturated rings. The molecule has 0 aliphatic carbocycles. The number of nitrogens with one attached hydrogen (secondary N) is 1. The molecule has 0 bridgehead atoms. The molecule has 2 heterocycles. The van der Waals surface area contributed by atoms with E-state index < -0.39 is 15.7 Å². The number of fused-ring (bicyclic) bond motifs is 1. The van der Waals surface area contributed by atoms with Gasteiger partial charge in [-0.25, -0.2) is 8.42 Å². The third-order valence-corrected chi connectivity index (χ3v) is 8.10. The summed E-state index contributed by atoms with van der Waals surface area (Å²) in [7, 11) is -2.33. The number of anilines is 1. The van der Waals surface area contributed by atoms with Gasteiger partial charge in [-0.1, -0.05) is 24.3 Å². The zero-order valence-electron chi connectivity index (χ0n) is 17.0. The molecule has 1 atom stereocenters. The minimum Gasteiger partial charge on any atom is -0.493 e. The van der Waals surface area contributed by atoms with Crippen LogP contribution in [0.3, 0.4) is 0 Å². The minimum atomic E-state index is -3.79. The quantitative estimate of drug-likeness (QED) is 0.545. The van der Waals surface area contributed by atoms with E-state index in [-0.39, 0.29) is 34.6 Å². The molecule has 3 aromatic rings. The summed E-state index contributed by atoms with van der Waals surface area (Å²) in [5.41, 5.74) is 6.20. The Bertz CT molecular complexity index is 1290. The first-order chi connectivity index (χ1) is 15.3. The summed E-state index contributed by atoms with van der Waals surface area (Å²) in [6, 6.07) is 13.2. The van der Waals surface area contributed by atoms with Gasteiger partial charge in [-0.05, 0) is 29.8 Å². The lowest BCUT2D eigenvalue weighted by atomic mass is 9.90. The SMILES string of the molecule is COc1cc(C2CC(=O)Nc3c(S(=O)(=O)c4ccccc4)csc32)ccc1OCC(N)=O. The van der Waals surface area contributed by atoms with Gasteiger partial charge in [0, 0.05) is 22.6 Å². The first-order valence-electron chi connectivity index (χ1n) is 9.61. The number of methoxy groups -OCH3 is 1. The van der Waals surface area contributed by atoms with Crippen molar-refractivity contribution in [3.05, 3.63) is 64.4 Å². The fraction of sp³-hybridized carbons (Fsp3) is 0.182. The molecule has 1 aliphatic rings. The van der Waals surface area contributed by atoms with Crippen molar-refractivity contribution in [3.63, 3.8) is 0 Å². The lowest BCUT2D eigenvalue weighted by Gasteiger charge is -2.24. The van der Waals surface area contributed by atoms with Crippen LogP contribution in [0.1, 0.15) is 22.8 Å². The number of hydrogen-bond donors (Lipinski definition) is 2. The molecular formula is C22H20N2O6S2. The van der Waals surface area contributed by atoms with Crippen molar-refractivity contribution in [1.82, 2.24) is 0 Å². The van der Waals surface area contributed by atoms with Gasteiger partial charge in [0.05, 0.1) is 17.7 Å². The Balaban J connectivity index is 1.74.